The summed E-state index contributed by atoms with van der Waals surface area (Å²) >= 11 is 1.25. The van der Waals surface area contributed by atoms with Crippen LogP contribution in [-0.4, -0.2) is 47.4 Å². The number of hydrogen-bond donors (Lipinski definition) is 1. The van der Waals surface area contributed by atoms with Gasteiger partial charge >= 0.3 is 0 Å². The number of thioether (sulfide) groups is 1. The molecule has 0 aliphatic carbocycles. The topological polar surface area (TPSA) is 86.9 Å². The van der Waals surface area contributed by atoms with Crippen molar-refractivity contribution in [2.24, 2.45) is 0 Å². The molecule has 1 rings (SSSR count). The van der Waals surface area contributed by atoms with Crippen LogP contribution in [0.5, 0.6) is 0 Å². The summed E-state index contributed by atoms with van der Waals surface area (Å²) in [6, 6.07) is 0. The monoisotopic (exact) mass is 231 g/mol. The number of nitrogens with zero attached hydrogens (tertiary/aromatic N) is 3. The van der Waals surface area contributed by atoms with E-state index >= 15 is 0 Å². The van der Waals surface area contributed by atoms with Gasteiger partial charge in [-0.2, -0.15) is 0 Å². The van der Waals surface area contributed by atoms with Crippen LogP contribution in [0.25, 0.3) is 0 Å². The van der Waals surface area contributed by atoms with Crippen molar-refractivity contribution in [2.75, 3.05) is 26.4 Å². The lowest BCUT2D eigenvalue weighted by molar-refractivity contribution is -0.367. The Morgan fingerprint density at radius 3 is 2.87 bits per heavy atom. The summed E-state index contributed by atoms with van der Waals surface area (Å²) in [5.74, 6) is 0.917. The SMILES string of the molecule is CN(C)C(=O)CSc1nnc(CC[NH3+])o1. The Hall–Kier alpha value is -1.08. The van der Waals surface area contributed by atoms with Gasteiger partial charge in [0.05, 0.1) is 18.7 Å². The van der Waals surface area contributed by atoms with Gasteiger partial charge in [-0.1, -0.05) is 11.8 Å². The Kier molecular flexibility index (Phi) is 4.57. The first-order valence-electron chi connectivity index (χ1n) is 4.58. The van der Waals surface area contributed by atoms with Crippen LogP contribution in [-0.2, 0) is 11.2 Å². The maximum atomic E-state index is 11.3. The lowest BCUT2D eigenvalue weighted by Crippen LogP contribution is -2.51. The molecular formula is C8H15N4O2S+. The highest BCUT2D eigenvalue weighted by molar-refractivity contribution is 7.99. The second-order valence-electron chi connectivity index (χ2n) is 3.14. The second-order valence-corrected chi connectivity index (χ2v) is 4.07. The minimum Gasteiger partial charge on any atom is -0.416 e. The molecule has 0 aliphatic rings. The predicted octanol–water partition coefficient (Wildman–Crippen LogP) is -0.966. The van der Waals surface area contributed by atoms with E-state index in [9.17, 15) is 4.79 Å². The first-order valence-corrected chi connectivity index (χ1v) is 5.56. The summed E-state index contributed by atoms with van der Waals surface area (Å²) in [7, 11) is 3.43. The minimum absolute atomic E-state index is 0.0249. The van der Waals surface area contributed by atoms with E-state index < -0.39 is 0 Å². The summed E-state index contributed by atoms with van der Waals surface area (Å²) < 4.78 is 5.28. The number of hydrogen-bond acceptors (Lipinski definition) is 5. The maximum absolute atomic E-state index is 11.3. The molecule has 0 saturated carbocycles. The third-order valence-electron chi connectivity index (χ3n) is 1.66. The van der Waals surface area contributed by atoms with Crippen molar-refractivity contribution >= 4 is 17.7 Å². The van der Waals surface area contributed by atoms with Crippen molar-refractivity contribution in [1.29, 1.82) is 0 Å². The lowest BCUT2D eigenvalue weighted by Gasteiger charge is -2.07. The summed E-state index contributed by atoms with van der Waals surface area (Å²) in [4.78, 5) is 12.8. The number of aromatic nitrogens is 2. The zero-order chi connectivity index (χ0) is 11.3. The van der Waals surface area contributed by atoms with Gasteiger partial charge in [-0.05, 0) is 0 Å². The molecule has 1 amide bonds. The molecule has 3 N–H and O–H groups in total. The molecule has 1 aromatic heterocycles. The Labute approximate surface area is 92.2 Å². The van der Waals surface area contributed by atoms with E-state index in [-0.39, 0.29) is 5.91 Å². The number of carbonyl (C=O) groups excluding carboxylic acids is 1. The van der Waals surface area contributed by atoms with E-state index in [4.69, 9.17) is 4.42 Å². The summed E-state index contributed by atoms with van der Waals surface area (Å²) in [5.41, 5.74) is 3.69. The molecule has 6 nitrogen and oxygen atoms in total. The zero-order valence-electron chi connectivity index (χ0n) is 8.89. The Morgan fingerprint density at radius 1 is 1.53 bits per heavy atom. The van der Waals surface area contributed by atoms with Gasteiger partial charge in [0.2, 0.25) is 11.8 Å². The smallest absolute Gasteiger partial charge is 0.277 e. The third-order valence-corrected chi connectivity index (χ3v) is 2.46. The lowest BCUT2D eigenvalue weighted by atomic mass is 10.4. The fourth-order valence-electron chi connectivity index (χ4n) is 0.801. The minimum atomic E-state index is 0.0249. The van der Waals surface area contributed by atoms with Gasteiger partial charge in [0.15, 0.2) is 0 Å². The first kappa shape index (κ1) is 12.0. The van der Waals surface area contributed by atoms with Crippen molar-refractivity contribution in [3.8, 4) is 0 Å². The highest BCUT2D eigenvalue weighted by atomic mass is 32.2. The van der Waals surface area contributed by atoms with Crippen molar-refractivity contribution < 1.29 is 14.9 Å². The first-order chi connectivity index (χ1) is 7.13. The van der Waals surface area contributed by atoms with Gasteiger partial charge in [0.1, 0.15) is 0 Å². The molecule has 0 fully saturated rings. The van der Waals surface area contributed by atoms with Crippen LogP contribution < -0.4 is 5.73 Å². The summed E-state index contributed by atoms with van der Waals surface area (Å²) in [5, 5.41) is 8.08. The van der Waals surface area contributed by atoms with Crippen LogP contribution in [0.3, 0.4) is 0 Å². The maximum Gasteiger partial charge on any atom is 0.277 e. The number of quaternary nitrogens is 1. The summed E-state index contributed by atoms with van der Waals surface area (Å²) in [6.45, 7) is 0.725. The van der Waals surface area contributed by atoms with Crippen LogP contribution in [0.2, 0.25) is 0 Å². The van der Waals surface area contributed by atoms with E-state index in [1.54, 1.807) is 14.1 Å². The average Bonchev–Trinajstić information content (AvgIpc) is 2.62. The fraction of sp³-hybridized carbons (Fsp3) is 0.625. The molecule has 0 aliphatic heterocycles. The quantitative estimate of drug-likeness (QED) is 0.659. The van der Waals surface area contributed by atoms with Gasteiger partial charge in [-0.25, -0.2) is 0 Å². The molecule has 15 heavy (non-hydrogen) atoms. The Bertz CT molecular complexity index is 326. The normalized spacial score (nSPS) is 10.3. The van der Waals surface area contributed by atoms with E-state index in [2.05, 4.69) is 15.9 Å². The van der Waals surface area contributed by atoms with Crippen molar-refractivity contribution in [3.63, 3.8) is 0 Å². The van der Waals surface area contributed by atoms with Crippen LogP contribution >= 0.6 is 11.8 Å². The van der Waals surface area contributed by atoms with Crippen LogP contribution in [0, 0.1) is 0 Å². The molecule has 0 radical (unpaired) electrons. The Morgan fingerprint density at radius 2 is 2.27 bits per heavy atom. The molecular weight excluding hydrogens is 216 g/mol. The fourth-order valence-corrected chi connectivity index (χ4v) is 1.56. The molecule has 0 bridgehead atoms. The van der Waals surface area contributed by atoms with E-state index in [1.807, 2.05) is 0 Å². The van der Waals surface area contributed by atoms with Crippen LogP contribution in [0.4, 0.5) is 0 Å². The molecule has 1 aromatic rings. The molecule has 0 saturated heterocycles. The number of amides is 1. The van der Waals surface area contributed by atoms with Crippen LogP contribution in [0.15, 0.2) is 9.64 Å². The zero-order valence-corrected chi connectivity index (χ0v) is 9.71. The Balaban J connectivity index is 2.40. The van der Waals surface area contributed by atoms with E-state index in [0.29, 0.717) is 23.3 Å². The van der Waals surface area contributed by atoms with Gasteiger partial charge in [-0.3, -0.25) is 4.79 Å². The van der Waals surface area contributed by atoms with E-state index in [1.165, 1.54) is 16.7 Å². The standard InChI is InChI=1S/C8H14N4O2S/c1-12(2)7(13)5-15-8-11-10-6(14-8)3-4-9/h3-5,9H2,1-2H3/p+1. The molecule has 0 atom stereocenters. The molecule has 0 unspecified atom stereocenters. The largest absolute Gasteiger partial charge is 0.416 e. The highest BCUT2D eigenvalue weighted by Gasteiger charge is 2.10. The van der Waals surface area contributed by atoms with Crippen LogP contribution in [0.1, 0.15) is 5.89 Å². The molecule has 84 valence electrons. The van der Waals surface area contributed by atoms with Crippen molar-refractivity contribution in [1.82, 2.24) is 15.1 Å². The molecule has 1 heterocycles. The van der Waals surface area contributed by atoms with Gasteiger partial charge in [-0.15, -0.1) is 10.2 Å². The second kappa shape index (κ2) is 5.72. The van der Waals surface area contributed by atoms with Gasteiger partial charge < -0.3 is 15.1 Å². The molecule has 0 spiro atoms. The van der Waals surface area contributed by atoms with Crippen molar-refractivity contribution in [3.05, 3.63) is 5.89 Å². The van der Waals surface area contributed by atoms with Gasteiger partial charge in [0.25, 0.3) is 5.22 Å². The average molecular weight is 231 g/mol. The molecule has 0 aromatic carbocycles. The number of rotatable bonds is 5. The molecule has 7 heteroatoms. The highest BCUT2D eigenvalue weighted by Crippen LogP contribution is 2.16. The number of carbonyl (C=O) groups is 1. The van der Waals surface area contributed by atoms with E-state index in [0.717, 1.165) is 6.54 Å². The summed E-state index contributed by atoms with van der Waals surface area (Å²) in [6.07, 6.45) is 0.676. The van der Waals surface area contributed by atoms with Crippen molar-refractivity contribution in [2.45, 2.75) is 11.6 Å². The van der Waals surface area contributed by atoms with Gasteiger partial charge in [0, 0.05) is 14.1 Å². The predicted molar refractivity (Wildman–Crippen MR) is 55.2 cm³/mol. The third kappa shape index (κ3) is 3.88.